The van der Waals surface area contributed by atoms with E-state index in [1.54, 1.807) is 0 Å². The first-order chi connectivity index (χ1) is 7.16. The van der Waals surface area contributed by atoms with Crippen molar-refractivity contribution in [3.63, 3.8) is 0 Å². The molecule has 2 aliphatic heterocycles. The van der Waals surface area contributed by atoms with Crippen molar-refractivity contribution in [2.24, 2.45) is 5.92 Å². The van der Waals surface area contributed by atoms with Crippen LogP contribution in [0.25, 0.3) is 0 Å². The molecule has 0 aliphatic carbocycles. The SMILES string of the molecule is C[C@H]1C(O[C@@H]2CCNC2)CN(C)C[C@@H]1F. The Morgan fingerprint density at radius 3 is 2.87 bits per heavy atom. The fraction of sp³-hybridized carbons (Fsp3) is 1.00. The topological polar surface area (TPSA) is 24.5 Å². The Hall–Kier alpha value is -0.190. The van der Waals surface area contributed by atoms with Gasteiger partial charge in [-0.05, 0) is 20.0 Å². The van der Waals surface area contributed by atoms with E-state index in [0.29, 0.717) is 6.54 Å². The van der Waals surface area contributed by atoms with E-state index >= 15 is 0 Å². The third kappa shape index (κ3) is 2.68. The van der Waals surface area contributed by atoms with Crippen molar-refractivity contribution >= 4 is 0 Å². The van der Waals surface area contributed by atoms with E-state index in [9.17, 15) is 4.39 Å². The van der Waals surface area contributed by atoms with Crippen LogP contribution in [0.3, 0.4) is 0 Å². The summed E-state index contributed by atoms with van der Waals surface area (Å²) in [5, 5.41) is 3.27. The maximum absolute atomic E-state index is 13.6. The first kappa shape index (κ1) is 11.3. The van der Waals surface area contributed by atoms with Crippen molar-refractivity contribution in [1.29, 1.82) is 0 Å². The molecule has 4 atom stereocenters. The highest BCUT2D eigenvalue weighted by atomic mass is 19.1. The van der Waals surface area contributed by atoms with Gasteiger partial charge < -0.3 is 15.0 Å². The molecule has 0 radical (unpaired) electrons. The third-order valence-electron chi connectivity index (χ3n) is 3.52. The lowest BCUT2D eigenvalue weighted by atomic mass is 9.94. The summed E-state index contributed by atoms with van der Waals surface area (Å²) in [5.74, 6) is 0.0294. The molecule has 0 bridgehead atoms. The van der Waals surface area contributed by atoms with Crippen molar-refractivity contribution in [2.75, 3.05) is 33.2 Å². The van der Waals surface area contributed by atoms with Gasteiger partial charge in [-0.15, -0.1) is 0 Å². The predicted octanol–water partition coefficient (Wildman–Crippen LogP) is 0.653. The molecule has 2 rings (SSSR count). The molecule has 1 unspecified atom stereocenters. The van der Waals surface area contributed by atoms with E-state index in [2.05, 4.69) is 5.32 Å². The molecule has 1 N–H and O–H groups in total. The fourth-order valence-corrected chi connectivity index (χ4v) is 2.40. The van der Waals surface area contributed by atoms with Crippen LogP contribution in [0.1, 0.15) is 13.3 Å². The normalized spacial score (nSPS) is 43.4. The van der Waals surface area contributed by atoms with E-state index in [1.807, 2.05) is 18.9 Å². The van der Waals surface area contributed by atoms with Crippen LogP contribution in [0.2, 0.25) is 0 Å². The average molecular weight is 216 g/mol. The maximum atomic E-state index is 13.6. The van der Waals surface area contributed by atoms with Crippen LogP contribution >= 0.6 is 0 Å². The number of piperidine rings is 1. The molecule has 2 fully saturated rings. The lowest BCUT2D eigenvalue weighted by Crippen LogP contribution is -2.50. The van der Waals surface area contributed by atoms with Crippen LogP contribution in [0.4, 0.5) is 4.39 Å². The highest BCUT2D eigenvalue weighted by Crippen LogP contribution is 2.24. The van der Waals surface area contributed by atoms with E-state index in [-0.39, 0.29) is 18.1 Å². The summed E-state index contributed by atoms with van der Waals surface area (Å²) in [5.41, 5.74) is 0. The van der Waals surface area contributed by atoms with Crippen molar-refractivity contribution in [2.45, 2.75) is 31.7 Å². The van der Waals surface area contributed by atoms with Gasteiger partial charge in [0.25, 0.3) is 0 Å². The van der Waals surface area contributed by atoms with Gasteiger partial charge in [0.15, 0.2) is 0 Å². The third-order valence-corrected chi connectivity index (χ3v) is 3.52. The van der Waals surface area contributed by atoms with E-state index in [1.165, 1.54) is 0 Å². The molecule has 2 aliphatic rings. The molecule has 2 heterocycles. The second-order valence-electron chi connectivity index (χ2n) is 4.89. The number of hydrogen-bond acceptors (Lipinski definition) is 3. The molecule has 0 saturated carbocycles. The highest BCUT2D eigenvalue weighted by molar-refractivity contribution is 4.86. The van der Waals surface area contributed by atoms with E-state index in [0.717, 1.165) is 26.1 Å². The molecule has 3 nitrogen and oxygen atoms in total. The second-order valence-corrected chi connectivity index (χ2v) is 4.89. The van der Waals surface area contributed by atoms with Crippen LogP contribution in [0, 0.1) is 5.92 Å². The van der Waals surface area contributed by atoms with Crippen molar-refractivity contribution in [1.82, 2.24) is 10.2 Å². The van der Waals surface area contributed by atoms with Gasteiger partial charge in [-0.2, -0.15) is 0 Å². The molecular formula is C11H21FN2O. The lowest BCUT2D eigenvalue weighted by molar-refractivity contribution is -0.0863. The lowest BCUT2D eigenvalue weighted by Gasteiger charge is -2.38. The van der Waals surface area contributed by atoms with Gasteiger partial charge >= 0.3 is 0 Å². The maximum Gasteiger partial charge on any atom is 0.118 e. The second kappa shape index (κ2) is 4.76. The molecule has 4 heteroatoms. The number of alkyl halides is 1. The van der Waals surface area contributed by atoms with Gasteiger partial charge in [0, 0.05) is 25.6 Å². The Balaban J connectivity index is 1.88. The summed E-state index contributed by atoms with van der Waals surface area (Å²) in [6, 6.07) is 0. The first-order valence-electron chi connectivity index (χ1n) is 5.85. The van der Waals surface area contributed by atoms with Gasteiger partial charge in [-0.25, -0.2) is 4.39 Å². The summed E-state index contributed by atoms with van der Waals surface area (Å²) in [6.45, 7) is 5.32. The molecule has 2 saturated heterocycles. The number of nitrogens with zero attached hydrogens (tertiary/aromatic N) is 1. The van der Waals surface area contributed by atoms with Gasteiger partial charge in [-0.3, -0.25) is 0 Å². The Morgan fingerprint density at radius 2 is 2.20 bits per heavy atom. The van der Waals surface area contributed by atoms with E-state index < -0.39 is 6.17 Å². The Labute approximate surface area is 91.0 Å². The highest BCUT2D eigenvalue weighted by Gasteiger charge is 2.35. The number of ether oxygens (including phenoxy) is 1. The summed E-state index contributed by atoms with van der Waals surface area (Å²) in [4.78, 5) is 2.03. The van der Waals surface area contributed by atoms with Crippen LogP contribution in [0.15, 0.2) is 0 Å². The average Bonchev–Trinajstić information content (AvgIpc) is 2.66. The molecule has 0 amide bonds. The van der Waals surface area contributed by atoms with Crippen LogP contribution in [-0.2, 0) is 4.74 Å². The number of likely N-dealkylation sites (tertiary alicyclic amines) is 1. The monoisotopic (exact) mass is 216 g/mol. The van der Waals surface area contributed by atoms with Gasteiger partial charge in [0.1, 0.15) is 6.17 Å². The Morgan fingerprint density at radius 1 is 1.40 bits per heavy atom. The summed E-state index contributed by atoms with van der Waals surface area (Å²) in [7, 11) is 1.96. The van der Waals surface area contributed by atoms with Crippen LogP contribution < -0.4 is 5.32 Å². The molecule has 0 aromatic rings. The van der Waals surface area contributed by atoms with Gasteiger partial charge in [0.05, 0.1) is 12.2 Å². The molecule has 0 spiro atoms. The summed E-state index contributed by atoms with van der Waals surface area (Å²) < 4.78 is 19.6. The van der Waals surface area contributed by atoms with Gasteiger partial charge in [0.2, 0.25) is 0 Å². The predicted molar refractivity (Wildman–Crippen MR) is 57.7 cm³/mol. The summed E-state index contributed by atoms with van der Waals surface area (Å²) in [6.07, 6.45) is 0.659. The molecular weight excluding hydrogens is 195 g/mol. The minimum atomic E-state index is -0.747. The minimum Gasteiger partial charge on any atom is -0.372 e. The fourth-order valence-electron chi connectivity index (χ4n) is 2.40. The number of likely N-dealkylation sites (N-methyl/N-ethyl adjacent to an activating group) is 1. The van der Waals surface area contributed by atoms with Crippen molar-refractivity contribution in [3.05, 3.63) is 0 Å². The molecule has 15 heavy (non-hydrogen) atoms. The number of nitrogens with one attached hydrogen (secondary N) is 1. The number of halogens is 1. The smallest absolute Gasteiger partial charge is 0.118 e. The van der Waals surface area contributed by atoms with Gasteiger partial charge in [-0.1, -0.05) is 6.92 Å². The molecule has 0 aromatic heterocycles. The van der Waals surface area contributed by atoms with Crippen LogP contribution in [0.5, 0.6) is 0 Å². The molecule has 0 aromatic carbocycles. The zero-order valence-electron chi connectivity index (χ0n) is 9.58. The first-order valence-corrected chi connectivity index (χ1v) is 5.85. The van der Waals surface area contributed by atoms with Crippen molar-refractivity contribution in [3.8, 4) is 0 Å². The Kier molecular flexibility index (Phi) is 3.59. The number of rotatable bonds is 2. The van der Waals surface area contributed by atoms with E-state index in [4.69, 9.17) is 4.74 Å². The standard InChI is InChI=1S/C11H21FN2O/c1-8-10(12)6-14(2)7-11(8)15-9-3-4-13-5-9/h8-11,13H,3-7H2,1-2H3/t8-,9-,10+,11?/m1/s1. The van der Waals surface area contributed by atoms with Crippen LogP contribution in [-0.4, -0.2) is 56.5 Å². The largest absolute Gasteiger partial charge is 0.372 e. The molecule has 88 valence electrons. The zero-order valence-corrected chi connectivity index (χ0v) is 9.58. The summed E-state index contributed by atoms with van der Waals surface area (Å²) >= 11 is 0. The minimum absolute atomic E-state index is 0.0294. The quantitative estimate of drug-likeness (QED) is 0.733. The van der Waals surface area contributed by atoms with Crippen molar-refractivity contribution < 1.29 is 9.13 Å². The number of hydrogen-bond donors (Lipinski definition) is 1. The Bertz CT molecular complexity index is 209. The zero-order chi connectivity index (χ0) is 10.8.